The Kier molecular flexibility index (Phi) is 6.15. The van der Waals surface area contributed by atoms with Crippen molar-refractivity contribution >= 4 is 50.8 Å². The number of H-pyrrole nitrogens is 1. The van der Waals surface area contributed by atoms with E-state index in [0.29, 0.717) is 35.6 Å². The smallest absolute Gasteiger partial charge is 0.231 e. The summed E-state index contributed by atoms with van der Waals surface area (Å²) in [5, 5.41) is 14.7. The molecule has 2 aromatic heterocycles. The molecular weight excluding hydrogens is 446 g/mol. The second-order valence-corrected chi connectivity index (χ2v) is 10.2. The van der Waals surface area contributed by atoms with Crippen LogP contribution in [0.25, 0.3) is 10.9 Å². The molecule has 2 N–H and O–H groups in total. The predicted molar refractivity (Wildman–Crippen MR) is 126 cm³/mol. The minimum Gasteiger partial charge on any atom is -0.361 e. The number of nitrogens with one attached hydrogen (secondary N) is 2. The highest BCUT2D eigenvalue weighted by atomic mass is 35.5. The van der Waals surface area contributed by atoms with Crippen LogP contribution in [-0.2, 0) is 16.0 Å². The van der Waals surface area contributed by atoms with Gasteiger partial charge in [-0.1, -0.05) is 42.2 Å². The van der Waals surface area contributed by atoms with Crippen molar-refractivity contribution in [2.24, 2.45) is 5.92 Å². The Hall–Kier alpha value is -2.45. The second kappa shape index (κ2) is 9.19. The summed E-state index contributed by atoms with van der Waals surface area (Å²) in [5.41, 5.74) is 2.14. The van der Waals surface area contributed by atoms with Crippen LogP contribution in [0.4, 0.5) is 5.13 Å². The van der Waals surface area contributed by atoms with E-state index in [9.17, 15) is 9.59 Å². The third-order valence-electron chi connectivity index (χ3n) is 6.59. The fourth-order valence-electron chi connectivity index (χ4n) is 4.78. The number of hydrogen-bond donors (Lipinski definition) is 2. The SMILES string of the molecule is O=C(Nc1nnc(C2CCCCC2)s1)[C@@H]1CC(=O)N(CCc2c[nH]c3ccc(Cl)cc23)C1. The number of carbonyl (C=O) groups is 2. The van der Waals surface area contributed by atoms with Crippen molar-refractivity contribution in [1.29, 1.82) is 0 Å². The van der Waals surface area contributed by atoms with E-state index in [1.165, 1.54) is 30.6 Å². The molecular formula is C23H26ClN5O2S. The highest BCUT2D eigenvalue weighted by Gasteiger charge is 2.34. The summed E-state index contributed by atoms with van der Waals surface area (Å²) in [4.78, 5) is 30.3. The topological polar surface area (TPSA) is 91.0 Å². The van der Waals surface area contributed by atoms with E-state index >= 15 is 0 Å². The van der Waals surface area contributed by atoms with E-state index in [4.69, 9.17) is 11.6 Å². The van der Waals surface area contributed by atoms with E-state index in [1.54, 1.807) is 4.90 Å². The van der Waals surface area contributed by atoms with Gasteiger partial charge in [-0.3, -0.25) is 9.59 Å². The van der Waals surface area contributed by atoms with Gasteiger partial charge in [0, 0.05) is 47.6 Å². The van der Waals surface area contributed by atoms with Crippen molar-refractivity contribution in [1.82, 2.24) is 20.1 Å². The Balaban J connectivity index is 1.17. The lowest BCUT2D eigenvalue weighted by atomic mass is 9.90. The lowest BCUT2D eigenvalue weighted by Crippen LogP contribution is -2.30. The molecule has 2 amide bonds. The largest absolute Gasteiger partial charge is 0.361 e. The zero-order chi connectivity index (χ0) is 22.1. The van der Waals surface area contributed by atoms with E-state index in [1.807, 2.05) is 24.4 Å². The standard InChI is InChI=1S/C23H26ClN5O2S/c24-17-6-7-19-18(11-17)15(12-25-19)8-9-29-13-16(10-20(29)30)21(31)26-23-28-27-22(32-23)14-4-2-1-3-5-14/h6-7,11-12,14,16,25H,1-5,8-10,13H2,(H,26,28,31)/t16-/m1/s1. The zero-order valence-electron chi connectivity index (χ0n) is 17.8. The van der Waals surface area contributed by atoms with Gasteiger partial charge in [-0.25, -0.2) is 0 Å². The number of nitrogens with zero attached hydrogens (tertiary/aromatic N) is 3. The van der Waals surface area contributed by atoms with Crippen LogP contribution in [0.5, 0.6) is 0 Å². The lowest BCUT2D eigenvalue weighted by Gasteiger charge is -2.18. The Morgan fingerprint density at radius 3 is 2.94 bits per heavy atom. The average Bonchev–Trinajstić information content (AvgIpc) is 3.52. The van der Waals surface area contributed by atoms with Crippen LogP contribution >= 0.6 is 22.9 Å². The van der Waals surface area contributed by atoms with Crippen molar-refractivity contribution in [2.45, 2.75) is 50.9 Å². The number of likely N-dealkylation sites (tertiary alicyclic amines) is 1. The van der Waals surface area contributed by atoms with E-state index in [0.717, 1.165) is 34.3 Å². The number of halogens is 1. The van der Waals surface area contributed by atoms with Gasteiger partial charge in [-0.15, -0.1) is 10.2 Å². The Morgan fingerprint density at radius 1 is 1.25 bits per heavy atom. The van der Waals surface area contributed by atoms with Gasteiger partial charge in [0.1, 0.15) is 5.01 Å². The normalized spacial score (nSPS) is 19.7. The minimum absolute atomic E-state index is 0.0168. The van der Waals surface area contributed by atoms with Gasteiger partial charge in [0.25, 0.3) is 0 Å². The fourth-order valence-corrected chi connectivity index (χ4v) is 5.87. The molecule has 2 aliphatic rings. The maximum atomic E-state index is 12.8. The zero-order valence-corrected chi connectivity index (χ0v) is 19.3. The number of benzene rings is 1. The summed E-state index contributed by atoms with van der Waals surface area (Å²) >= 11 is 7.60. The van der Waals surface area contributed by atoms with Crippen LogP contribution in [0.3, 0.4) is 0 Å². The number of aromatic nitrogens is 3. The van der Waals surface area contributed by atoms with Crippen LogP contribution in [0.2, 0.25) is 5.02 Å². The Labute approximate surface area is 195 Å². The maximum Gasteiger partial charge on any atom is 0.231 e. The van der Waals surface area contributed by atoms with Gasteiger partial charge in [0.15, 0.2) is 0 Å². The predicted octanol–water partition coefficient (Wildman–Crippen LogP) is 4.75. The number of carbonyl (C=O) groups excluding carboxylic acids is 2. The molecule has 3 aromatic rings. The average molecular weight is 472 g/mol. The molecule has 1 aromatic carbocycles. The van der Waals surface area contributed by atoms with E-state index in [2.05, 4.69) is 20.5 Å². The van der Waals surface area contributed by atoms with Crippen LogP contribution in [-0.4, -0.2) is 45.0 Å². The van der Waals surface area contributed by atoms with Crippen molar-refractivity contribution < 1.29 is 9.59 Å². The van der Waals surface area contributed by atoms with E-state index in [-0.39, 0.29) is 24.2 Å². The van der Waals surface area contributed by atoms with Crippen molar-refractivity contribution in [3.05, 3.63) is 40.0 Å². The molecule has 1 saturated carbocycles. The Bertz CT molecular complexity index is 1140. The number of amides is 2. The van der Waals surface area contributed by atoms with Gasteiger partial charge >= 0.3 is 0 Å². The summed E-state index contributed by atoms with van der Waals surface area (Å²) in [6, 6.07) is 5.75. The summed E-state index contributed by atoms with van der Waals surface area (Å²) in [6.07, 6.45) is 8.97. The maximum absolute atomic E-state index is 12.8. The molecule has 0 unspecified atom stereocenters. The molecule has 5 rings (SSSR count). The fraction of sp³-hybridized carbons (Fsp3) is 0.478. The molecule has 7 nitrogen and oxygen atoms in total. The first-order valence-electron chi connectivity index (χ1n) is 11.2. The van der Waals surface area contributed by atoms with Crippen LogP contribution in [0.15, 0.2) is 24.4 Å². The number of anilines is 1. The number of hydrogen-bond acceptors (Lipinski definition) is 5. The molecule has 168 valence electrons. The molecule has 1 saturated heterocycles. The van der Waals surface area contributed by atoms with Crippen LogP contribution in [0, 0.1) is 5.92 Å². The number of rotatable bonds is 6. The van der Waals surface area contributed by atoms with Gasteiger partial charge in [-0.05, 0) is 43.0 Å². The lowest BCUT2D eigenvalue weighted by molar-refractivity contribution is -0.128. The van der Waals surface area contributed by atoms with Gasteiger partial charge in [-0.2, -0.15) is 0 Å². The second-order valence-electron chi connectivity index (χ2n) is 8.76. The van der Waals surface area contributed by atoms with Crippen LogP contribution in [0.1, 0.15) is 55.0 Å². The van der Waals surface area contributed by atoms with E-state index < -0.39 is 0 Å². The molecule has 0 bridgehead atoms. The first-order valence-corrected chi connectivity index (χ1v) is 12.4. The first-order chi connectivity index (χ1) is 15.6. The minimum atomic E-state index is -0.359. The van der Waals surface area contributed by atoms with Crippen molar-refractivity contribution in [3.8, 4) is 0 Å². The number of aromatic amines is 1. The molecule has 1 aliphatic carbocycles. The van der Waals surface area contributed by atoms with Crippen molar-refractivity contribution in [3.63, 3.8) is 0 Å². The monoisotopic (exact) mass is 471 g/mol. The summed E-state index contributed by atoms with van der Waals surface area (Å²) < 4.78 is 0. The third kappa shape index (κ3) is 4.52. The van der Waals surface area contributed by atoms with Crippen molar-refractivity contribution in [2.75, 3.05) is 18.4 Å². The molecule has 2 fully saturated rings. The summed E-state index contributed by atoms with van der Waals surface area (Å²) in [7, 11) is 0. The quantitative estimate of drug-likeness (QED) is 0.542. The van der Waals surface area contributed by atoms with Gasteiger partial charge < -0.3 is 15.2 Å². The molecule has 0 radical (unpaired) electrons. The Morgan fingerprint density at radius 2 is 2.09 bits per heavy atom. The summed E-state index contributed by atoms with van der Waals surface area (Å²) in [5.74, 6) is -0.0222. The summed E-state index contributed by atoms with van der Waals surface area (Å²) in [6.45, 7) is 1.01. The highest BCUT2D eigenvalue weighted by Crippen LogP contribution is 2.35. The molecule has 3 heterocycles. The van der Waals surface area contributed by atoms with Crippen LogP contribution < -0.4 is 5.32 Å². The first kappa shape index (κ1) is 21.4. The molecule has 0 spiro atoms. The third-order valence-corrected chi connectivity index (χ3v) is 7.83. The molecule has 1 atom stereocenters. The molecule has 9 heteroatoms. The van der Waals surface area contributed by atoms with Gasteiger partial charge in [0.2, 0.25) is 16.9 Å². The molecule has 1 aliphatic heterocycles. The molecule has 32 heavy (non-hydrogen) atoms. The van der Waals surface area contributed by atoms with Gasteiger partial charge in [0.05, 0.1) is 5.92 Å². The number of fused-ring (bicyclic) bond motifs is 1. The highest BCUT2D eigenvalue weighted by molar-refractivity contribution is 7.15.